The second-order valence-corrected chi connectivity index (χ2v) is 5.63. The van der Waals surface area contributed by atoms with Gasteiger partial charge in [0.15, 0.2) is 0 Å². The van der Waals surface area contributed by atoms with Crippen LogP contribution in [0.2, 0.25) is 0 Å². The molecule has 6 heteroatoms. The van der Waals surface area contributed by atoms with Crippen molar-refractivity contribution in [3.8, 4) is 0 Å². The van der Waals surface area contributed by atoms with Crippen molar-refractivity contribution in [1.29, 1.82) is 0 Å². The molecule has 2 rings (SSSR count). The maximum Gasteiger partial charge on any atom is 0.0644 e. The van der Waals surface area contributed by atoms with Crippen molar-refractivity contribution in [1.82, 2.24) is 24.5 Å². The van der Waals surface area contributed by atoms with Crippen LogP contribution in [0.15, 0.2) is 12.4 Å². The van der Waals surface area contributed by atoms with E-state index in [1.54, 1.807) is 0 Å². The summed E-state index contributed by atoms with van der Waals surface area (Å²) in [6, 6.07) is 0.290. The largest absolute Gasteiger partial charge is 0.394 e. The van der Waals surface area contributed by atoms with Crippen LogP contribution in [-0.2, 0) is 20.1 Å². The maximum absolute atomic E-state index is 9.08. The smallest absolute Gasteiger partial charge is 0.0644 e. The number of rotatable bonds is 6. The van der Waals surface area contributed by atoms with Gasteiger partial charge in [-0.15, -0.1) is 0 Å². The molecule has 0 saturated heterocycles. The Morgan fingerprint density at radius 2 is 2.10 bits per heavy atom. The van der Waals surface area contributed by atoms with Crippen LogP contribution in [-0.4, -0.2) is 43.2 Å². The van der Waals surface area contributed by atoms with E-state index in [4.69, 9.17) is 5.11 Å². The number of aromatic nitrogens is 4. The molecule has 2 aromatic heterocycles. The van der Waals surface area contributed by atoms with Gasteiger partial charge in [-0.05, 0) is 27.8 Å². The molecule has 0 radical (unpaired) electrons. The van der Waals surface area contributed by atoms with Crippen LogP contribution in [0.4, 0.5) is 0 Å². The summed E-state index contributed by atoms with van der Waals surface area (Å²) < 4.78 is 3.71. The van der Waals surface area contributed by atoms with E-state index < -0.39 is 0 Å². The fourth-order valence-corrected chi connectivity index (χ4v) is 2.57. The van der Waals surface area contributed by atoms with E-state index >= 15 is 0 Å². The molecular weight excluding hydrogens is 266 g/mol. The summed E-state index contributed by atoms with van der Waals surface area (Å²) in [5.41, 5.74) is 4.61. The van der Waals surface area contributed by atoms with Gasteiger partial charge in [0, 0.05) is 42.7 Å². The summed E-state index contributed by atoms with van der Waals surface area (Å²) in [7, 11) is 4.05. The standard InChI is InChI=1S/C15H25N5O/c1-11-15(13(3)20(17-11)6-7-21)10-18(4)12(2)14-8-16-19(5)9-14/h8-9,12,21H,6-7,10H2,1-5H3. The lowest BCUT2D eigenvalue weighted by Gasteiger charge is -2.24. The average Bonchev–Trinajstić information content (AvgIpc) is 2.98. The van der Waals surface area contributed by atoms with E-state index in [1.165, 1.54) is 11.1 Å². The third-order valence-corrected chi connectivity index (χ3v) is 4.12. The summed E-state index contributed by atoms with van der Waals surface area (Å²) in [6.45, 7) is 7.77. The van der Waals surface area contributed by atoms with E-state index in [9.17, 15) is 0 Å². The molecule has 21 heavy (non-hydrogen) atoms. The zero-order chi connectivity index (χ0) is 15.6. The first kappa shape index (κ1) is 15.7. The SMILES string of the molecule is Cc1nn(CCO)c(C)c1CN(C)C(C)c1cnn(C)c1. The molecular formula is C15H25N5O. The zero-order valence-electron chi connectivity index (χ0n) is 13.5. The predicted octanol–water partition coefficient (Wildman–Crippen LogP) is 1.42. The second-order valence-electron chi connectivity index (χ2n) is 5.63. The lowest BCUT2D eigenvalue weighted by Crippen LogP contribution is -2.22. The molecule has 0 aliphatic rings. The normalized spacial score (nSPS) is 13.1. The quantitative estimate of drug-likeness (QED) is 0.874. The molecule has 116 valence electrons. The minimum atomic E-state index is 0.114. The summed E-state index contributed by atoms with van der Waals surface area (Å²) in [5.74, 6) is 0. The third-order valence-electron chi connectivity index (χ3n) is 4.12. The summed E-state index contributed by atoms with van der Waals surface area (Å²) >= 11 is 0. The molecule has 6 nitrogen and oxygen atoms in total. The lowest BCUT2D eigenvalue weighted by molar-refractivity contribution is 0.251. The highest BCUT2D eigenvalue weighted by Gasteiger charge is 2.18. The Kier molecular flexibility index (Phi) is 4.80. The number of aryl methyl sites for hydroxylation is 2. The summed E-state index contributed by atoms with van der Waals surface area (Å²) in [5, 5.41) is 17.8. The number of nitrogens with zero attached hydrogens (tertiary/aromatic N) is 5. The van der Waals surface area contributed by atoms with Gasteiger partial charge in [0.1, 0.15) is 0 Å². The molecule has 0 amide bonds. The molecule has 0 saturated carbocycles. The minimum absolute atomic E-state index is 0.114. The van der Waals surface area contributed by atoms with Crippen LogP contribution in [0, 0.1) is 13.8 Å². The molecule has 1 N–H and O–H groups in total. The van der Waals surface area contributed by atoms with E-state index in [1.807, 2.05) is 29.5 Å². The van der Waals surface area contributed by atoms with Crippen LogP contribution in [0.5, 0.6) is 0 Å². The van der Waals surface area contributed by atoms with Crippen molar-refractivity contribution in [3.05, 3.63) is 34.9 Å². The van der Waals surface area contributed by atoms with Crippen LogP contribution < -0.4 is 0 Å². The first-order chi connectivity index (χ1) is 9.93. The van der Waals surface area contributed by atoms with Crippen LogP contribution in [0.1, 0.15) is 35.5 Å². The van der Waals surface area contributed by atoms with E-state index in [0.29, 0.717) is 12.6 Å². The molecule has 0 aliphatic heterocycles. The fraction of sp³-hybridized carbons (Fsp3) is 0.600. The third kappa shape index (κ3) is 3.33. The molecule has 0 bridgehead atoms. The Morgan fingerprint density at radius 1 is 1.38 bits per heavy atom. The van der Waals surface area contributed by atoms with E-state index in [0.717, 1.165) is 17.9 Å². The highest BCUT2D eigenvalue weighted by molar-refractivity contribution is 5.25. The zero-order valence-corrected chi connectivity index (χ0v) is 13.5. The Labute approximate surface area is 126 Å². The van der Waals surface area contributed by atoms with Crippen molar-refractivity contribution in [2.24, 2.45) is 7.05 Å². The first-order valence-electron chi connectivity index (χ1n) is 7.26. The first-order valence-corrected chi connectivity index (χ1v) is 7.26. The molecule has 1 atom stereocenters. The van der Waals surface area contributed by atoms with Gasteiger partial charge in [0.05, 0.1) is 25.0 Å². The van der Waals surface area contributed by atoms with Crippen LogP contribution in [0.3, 0.4) is 0 Å². The fourth-order valence-electron chi connectivity index (χ4n) is 2.57. The van der Waals surface area contributed by atoms with Gasteiger partial charge in [-0.25, -0.2) is 0 Å². The number of hydrogen-bond acceptors (Lipinski definition) is 4. The second kappa shape index (κ2) is 6.41. The van der Waals surface area contributed by atoms with Crippen molar-refractivity contribution in [2.45, 2.75) is 39.9 Å². The monoisotopic (exact) mass is 291 g/mol. The van der Waals surface area contributed by atoms with Gasteiger partial charge in [-0.3, -0.25) is 14.3 Å². The van der Waals surface area contributed by atoms with Gasteiger partial charge in [-0.1, -0.05) is 0 Å². The van der Waals surface area contributed by atoms with E-state index in [2.05, 4.69) is 42.2 Å². The van der Waals surface area contributed by atoms with Gasteiger partial charge in [0.2, 0.25) is 0 Å². The molecule has 0 fully saturated rings. The average molecular weight is 291 g/mol. The van der Waals surface area contributed by atoms with Gasteiger partial charge < -0.3 is 5.11 Å². The predicted molar refractivity (Wildman–Crippen MR) is 81.9 cm³/mol. The Bertz CT molecular complexity index is 601. The van der Waals surface area contributed by atoms with Crippen LogP contribution >= 0.6 is 0 Å². The highest BCUT2D eigenvalue weighted by atomic mass is 16.3. The molecule has 1 unspecified atom stereocenters. The van der Waals surface area contributed by atoms with Crippen molar-refractivity contribution in [3.63, 3.8) is 0 Å². The van der Waals surface area contributed by atoms with Gasteiger partial charge in [-0.2, -0.15) is 10.2 Å². The molecule has 2 aromatic rings. The number of hydrogen-bond donors (Lipinski definition) is 1. The number of aliphatic hydroxyl groups excluding tert-OH is 1. The molecule has 2 heterocycles. The van der Waals surface area contributed by atoms with E-state index in [-0.39, 0.29) is 6.61 Å². The van der Waals surface area contributed by atoms with Crippen molar-refractivity contribution >= 4 is 0 Å². The maximum atomic E-state index is 9.08. The molecule has 0 spiro atoms. The molecule has 0 aromatic carbocycles. The van der Waals surface area contributed by atoms with Crippen molar-refractivity contribution in [2.75, 3.05) is 13.7 Å². The summed E-state index contributed by atoms with van der Waals surface area (Å²) in [4.78, 5) is 2.29. The summed E-state index contributed by atoms with van der Waals surface area (Å²) in [6.07, 6.45) is 3.96. The molecule has 0 aliphatic carbocycles. The van der Waals surface area contributed by atoms with Crippen LogP contribution in [0.25, 0.3) is 0 Å². The Balaban J connectivity index is 2.14. The lowest BCUT2D eigenvalue weighted by atomic mass is 10.1. The highest BCUT2D eigenvalue weighted by Crippen LogP contribution is 2.22. The van der Waals surface area contributed by atoms with Gasteiger partial charge >= 0.3 is 0 Å². The van der Waals surface area contributed by atoms with Crippen molar-refractivity contribution < 1.29 is 5.11 Å². The Hall–Kier alpha value is -1.66. The Morgan fingerprint density at radius 3 is 2.67 bits per heavy atom. The topological polar surface area (TPSA) is 59.1 Å². The minimum Gasteiger partial charge on any atom is -0.394 e. The number of aliphatic hydroxyl groups is 1. The van der Waals surface area contributed by atoms with Gasteiger partial charge in [0.25, 0.3) is 0 Å².